The molecule has 0 N–H and O–H groups in total. The van der Waals surface area contributed by atoms with Crippen LogP contribution in [0.1, 0.15) is 0 Å². The molecule has 0 unspecified atom stereocenters. The Morgan fingerprint density at radius 2 is 1.02 bits per heavy atom. The Morgan fingerprint density at radius 3 is 1.74 bits per heavy atom. The van der Waals surface area contributed by atoms with Crippen molar-refractivity contribution in [2.45, 2.75) is 9.79 Å². The Hall–Kier alpha value is -5.26. The highest BCUT2D eigenvalue weighted by molar-refractivity contribution is 8.00. The molecule has 196 valence electrons. The van der Waals surface area contributed by atoms with Gasteiger partial charge in [0.25, 0.3) is 0 Å². The molecular weight excluding hydrogens is 534 g/mol. The molecule has 5 heteroatoms. The molecule has 0 bridgehead atoms. The smallest absolute Gasteiger partial charge is 0.164 e. The van der Waals surface area contributed by atoms with Gasteiger partial charge in [0.15, 0.2) is 17.5 Å². The first-order valence-electron chi connectivity index (χ1n) is 13.9. The predicted molar refractivity (Wildman–Crippen MR) is 170 cm³/mol. The first-order chi connectivity index (χ1) is 20.8. The first-order valence-corrected chi connectivity index (χ1v) is 14.7. The number of rotatable bonds is 4. The average molecular weight is 556 g/mol. The highest BCUT2D eigenvalue weighted by Crippen LogP contribution is 2.51. The van der Waals surface area contributed by atoms with Gasteiger partial charge in [-0.1, -0.05) is 115 Å². The minimum Gasteiger partial charge on any atom is -0.456 e. The molecule has 1 aliphatic rings. The van der Waals surface area contributed by atoms with E-state index in [2.05, 4.69) is 60.7 Å². The van der Waals surface area contributed by atoms with Gasteiger partial charge < -0.3 is 4.42 Å². The normalized spacial score (nSPS) is 12.2. The van der Waals surface area contributed by atoms with Crippen molar-refractivity contribution in [1.29, 1.82) is 0 Å². The fourth-order valence-electron chi connectivity index (χ4n) is 6.06. The highest BCUT2D eigenvalue weighted by atomic mass is 32.2. The third kappa shape index (κ3) is 3.54. The Morgan fingerprint density at radius 1 is 0.429 bits per heavy atom. The maximum Gasteiger partial charge on any atom is 0.164 e. The second-order valence-corrected chi connectivity index (χ2v) is 11.5. The lowest BCUT2D eigenvalue weighted by Crippen LogP contribution is -2.01. The van der Waals surface area contributed by atoms with Gasteiger partial charge in [-0.15, -0.1) is 0 Å². The van der Waals surface area contributed by atoms with E-state index in [0.717, 1.165) is 39.0 Å². The van der Waals surface area contributed by atoms with Gasteiger partial charge in [-0.2, -0.15) is 0 Å². The maximum atomic E-state index is 6.48. The fourth-order valence-corrected chi connectivity index (χ4v) is 7.21. The van der Waals surface area contributed by atoms with E-state index in [1.807, 2.05) is 78.5 Å². The fraction of sp³-hybridized carbons (Fsp3) is 0. The zero-order valence-corrected chi connectivity index (χ0v) is 23.1. The highest BCUT2D eigenvalue weighted by Gasteiger charge is 2.25. The van der Waals surface area contributed by atoms with Crippen LogP contribution in [0.25, 0.3) is 78.0 Å². The summed E-state index contributed by atoms with van der Waals surface area (Å²) < 4.78 is 6.48. The van der Waals surface area contributed by atoms with Gasteiger partial charge in [-0.25, -0.2) is 15.0 Å². The van der Waals surface area contributed by atoms with Crippen molar-refractivity contribution in [3.05, 3.63) is 127 Å². The number of hydrogen-bond donors (Lipinski definition) is 0. The predicted octanol–water partition coefficient (Wildman–Crippen LogP) is 10.1. The third-order valence-electron chi connectivity index (χ3n) is 7.92. The molecule has 3 heterocycles. The summed E-state index contributed by atoms with van der Waals surface area (Å²) in [7, 11) is 0. The largest absolute Gasteiger partial charge is 0.456 e. The Balaban J connectivity index is 1.33. The van der Waals surface area contributed by atoms with Gasteiger partial charge in [-0.05, 0) is 40.8 Å². The van der Waals surface area contributed by atoms with Crippen molar-refractivity contribution in [3.63, 3.8) is 0 Å². The molecule has 8 aromatic rings. The Kier molecular flexibility index (Phi) is 5.10. The first kappa shape index (κ1) is 23.4. The molecule has 0 spiro atoms. The number of nitrogens with zero attached hydrogens (tertiary/aromatic N) is 3. The lowest BCUT2D eigenvalue weighted by molar-refractivity contribution is 0.669. The zero-order chi connectivity index (χ0) is 27.6. The summed E-state index contributed by atoms with van der Waals surface area (Å²) in [4.78, 5) is 17.5. The van der Waals surface area contributed by atoms with Crippen LogP contribution in [0.2, 0.25) is 0 Å². The molecule has 1 aliphatic heterocycles. The van der Waals surface area contributed by atoms with E-state index in [-0.39, 0.29) is 0 Å². The van der Waals surface area contributed by atoms with Gasteiger partial charge in [0, 0.05) is 42.6 Å². The molecule has 0 amide bonds. The second kappa shape index (κ2) is 9.13. The second-order valence-electron chi connectivity index (χ2n) is 10.4. The van der Waals surface area contributed by atoms with E-state index in [9.17, 15) is 0 Å². The Labute approximate surface area is 245 Å². The standard InChI is InChI=1S/C37H21N3OS/c1-3-11-22(12-4-1)35-38-36(23-13-5-2-6-14-23)40-37(39-35)26-16-8-7-15-24(26)27-21-29-34-32-25(27)17-9-19-30(32)42-31-20-10-18-28(41-29)33(31)34/h1-21H. The van der Waals surface area contributed by atoms with E-state index in [1.54, 1.807) is 0 Å². The molecule has 42 heavy (non-hydrogen) atoms. The van der Waals surface area contributed by atoms with Crippen LogP contribution in [0.4, 0.5) is 0 Å². The molecule has 9 rings (SSSR count). The molecule has 6 aromatic carbocycles. The van der Waals surface area contributed by atoms with Crippen LogP contribution < -0.4 is 0 Å². The zero-order valence-electron chi connectivity index (χ0n) is 22.3. The van der Waals surface area contributed by atoms with Gasteiger partial charge >= 0.3 is 0 Å². The van der Waals surface area contributed by atoms with Crippen LogP contribution in [0, 0.1) is 0 Å². The minimum atomic E-state index is 0.635. The summed E-state index contributed by atoms with van der Waals surface area (Å²) in [6.45, 7) is 0. The summed E-state index contributed by atoms with van der Waals surface area (Å²) in [5.41, 5.74) is 6.82. The molecule has 0 fully saturated rings. The van der Waals surface area contributed by atoms with Crippen LogP contribution in [-0.4, -0.2) is 15.0 Å². The number of benzene rings is 6. The molecule has 0 saturated carbocycles. The summed E-state index contributed by atoms with van der Waals surface area (Å²) in [6, 6.07) is 43.7. The Bertz CT molecular complexity index is 2270. The molecular formula is C37H21N3OS. The number of furan rings is 1. The summed E-state index contributed by atoms with van der Waals surface area (Å²) in [5.74, 6) is 1.93. The van der Waals surface area contributed by atoms with Crippen LogP contribution in [-0.2, 0) is 0 Å². The van der Waals surface area contributed by atoms with Crippen molar-refractivity contribution < 1.29 is 4.42 Å². The topological polar surface area (TPSA) is 51.8 Å². The maximum absolute atomic E-state index is 6.48. The third-order valence-corrected chi connectivity index (χ3v) is 9.04. The van der Waals surface area contributed by atoms with E-state index in [4.69, 9.17) is 19.4 Å². The van der Waals surface area contributed by atoms with E-state index in [1.165, 1.54) is 31.3 Å². The van der Waals surface area contributed by atoms with Crippen molar-refractivity contribution in [2.75, 3.05) is 0 Å². The average Bonchev–Trinajstić information content (AvgIpc) is 3.45. The van der Waals surface area contributed by atoms with Crippen LogP contribution in [0.5, 0.6) is 0 Å². The van der Waals surface area contributed by atoms with Crippen LogP contribution in [0.3, 0.4) is 0 Å². The van der Waals surface area contributed by atoms with Gasteiger partial charge in [-0.3, -0.25) is 0 Å². The molecule has 2 aromatic heterocycles. The van der Waals surface area contributed by atoms with Crippen molar-refractivity contribution in [3.8, 4) is 45.3 Å². The van der Waals surface area contributed by atoms with Crippen LogP contribution >= 0.6 is 11.8 Å². The van der Waals surface area contributed by atoms with E-state index in [0.29, 0.717) is 17.5 Å². The van der Waals surface area contributed by atoms with Crippen LogP contribution in [0.15, 0.2) is 142 Å². The lowest BCUT2D eigenvalue weighted by atomic mass is 9.92. The monoisotopic (exact) mass is 555 g/mol. The summed E-state index contributed by atoms with van der Waals surface area (Å²) in [5, 5.41) is 4.84. The molecule has 0 atom stereocenters. The van der Waals surface area contributed by atoms with E-state index < -0.39 is 0 Å². The molecule has 0 saturated heterocycles. The van der Waals surface area contributed by atoms with Crippen molar-refractivity contribution in [2.24, 2.45) is 0 Å². The molecule has 4 nitrogen and oxygen atoms in total. The van der Waals surface area contributed by atoms with Crippen molar-refractivity contribution in [1.82, 2.24) is 15.0 Å². The SMILES string of the molecule is c1ccc(-c2nc(-c3ccccc3)nc(-c3ccccc3-c3cc4oc5cccc6c5c4c4c(cccc34)S6)n2)cc1. The van der Waals surface area contributed by atoms with Crippen molar-refractivity contribution >= 4 is 44.5 Å². The number of aromatic nitrogens is 3. The minimum absolute atomic E-state index is 0.635. The number of hydrogen-bond acceptors (Lipinski definition) is 5. The summed E-state index contributed by atoms with van der Waals surface area (Å²) >= 11 is 1.81. The molecule has 0 aliphatic carbocycles. The van der Waals surface area contributed by atoms with Gasteiger partial charge in [0.1, 0.15) is 11.2 Å². The lowest BCUT2D eigenvalue weighted by Gasteiger charge is -2.17. The summed E-state index contributed by atoms with van der Waals surface area (Å²) in [6.07, 6.45) is 0. The molecule has 0 radical (unpaired) electrons. The van der Waals surface area contributed by atoms with Gasteiger partial charge in [0.2, 0.25) is 0 Å². The quantitative estimate of drug-likeness (QED) is 0.216. The van der Waals surface area contributed by atoms with Gasteiger partial charge in [0.05, 0.1) is 0 Å². The van der Waals surface area contributed by atoms with E-state index >= 15 is 0 Å².